The number of piperazine rings is 1. The molecule has 0 radical (unpaired) electrons. The lowest BCUT2D eigenvalue weighted by Crippen LogP contribution is -2.51. The zero-order valence-corrected chi connectivity index (χ0v) is 15.6. The molecule has 0 N–H and O–H groups in total. The molecule has 0 atom stereocenters. The van der Waals surface area contributed by atoms with Crippen LogP contribution in [0.1, 0.15) is 30.9 Å². The Hall–Kier alpha value is -1.60. The summed E-state index contributed by atoms with van der Waals surface area (Å²) < 4.78 is 31.3. The van der Waals surface area contributed by atoms with Crippen molar-refractivity contribution in [3.63, 3.8) is 0 Å². The number of fused-ring (bicyclic) bond motifs is 1. The number of ether oxygens (including phenoxy) is 1. The van der Waals surface area contributed by atoms with Gasteiger partial charge in [0.1, 0.15) is 5.75 Å². The van der Waals surface area contributed by atoms with E-state index in [1.807, 2.05) is 19.1 Å². The topological polar surface area (TPSA) is 66.9 Å². The van der Waals surface area contributed by atoms with Crippen LogP contribution in [0.2, 0.25) is 0 Å². The number of sulfonamides is 1. The standard InChI is InChI=1S/C18H26N2O4S/c1-2-12-25(22,23)20-9-7-19(8-10-20)18(21)14-15-5-6-17-16(13-15)4-3-11-24-17/h5-6,13H,2-4,7-12,14H2,1H3. The van der Waals surface area contributed by atoms with Gasteiger partial charge in [-0.05, 0) is 36.5 Å². The maximum atomic E-state index is 12.5. The van der Waals surface area contributed by atoms with Gasteiger partial charge in [0.15, 0.2) is 0 Å². The monoisotopic (exact) mass is 366 g/mol. The fourth-order valence-corrected chi connectivity index (χ4v) is 4.91. The molecule has 0 bridgehead atoms. The van der Waals surface area contributed by atoms with E-state index in [1.165, 1.54) is 9.87 Å². The van der Waals surface area contributed by atoms with Gasteiger partial charge in [-0.15, -0.1) is 0 Å². The maximum Gasteiger partial charge on any atom is 0.227 e. The molecule has 25 heavy (non-hydrogen) atoms. The van der Waals surface area contributed by atoms with Crippen LogP contribution in [0.5, 0.6) is 5.75 Å². The first-order valence-corrected chi connectivity index (χ1v) is 10.6. The summed E-state index contributed by atoms with van der Waals surface area (Å²) in [4.78, 5) is 14.3. The molecule has 2 aliphatic heterocycles. The molecule has 0 spiro atoms. The maximum absolute atomic E-state index is 12.5. The molecule has 0 unspecified atom stereocenters. The molecule has 2 aliphatic rings. The van der Waals surface area contributed by atoms with Crippen LogP contribution >= 0.6 is 0 Å². The minimum absolute atomic E-state index is 0.0595. The van der Waals surface area contributed by atoms with Crippen LogP contribution in [-0.2, 0) is 27.7 Å². The minimum Gasteiger partial charge on any atom is -0.493 e. The summed E-state index contributed by atoms with van der Waals surface area (Å²) in [7, 11) is -3.17. The Morgan fingerprint density at radius 3 is 2.68 bits per heavy atom. The van der Waals surface area contributed by atoms with Crippen LogP contribution in [-0.4, -0.2) is 62.1 Å². The average molecular weight is 366 g/mol. The van der Waals surface area contributed by atoms with Crippen LogP contribution in [0.4, 0.5) is 0 Å². The van der Waals surface area contributed by atoms with Gasteiger partial charge in [0, 0.05) is 26.2 Å². The molecule has 1 fully saturated rings. The van der Waals surface area contributed by atoms with Crippen molar-refractivity contribution >= 4 is 15.9 Å². The Balaban J connectivity index is 1.56. The van der Waals surface area contributed by atoms with Crippen LogP contribution in [0.3, 0.4) is 0 Å². The summed E-state index contributed by atoms with van der Waals surface area (Å²) in [6, 6.07) is 5.96. The summed E-state index contributed by atoms with van der Waals surface area (Å²) >= 11 is 0. The van der Waals surface area contributed by atoms with Gasteiger partial charge in [-0.1, -0.05) is 19.1 Å². The minimum atomic E-state index is -3.17. The Bertz CT molecular complexity index is 725. The first-order valence-electron chi connectivity index (χ1n) is 9.00. The predicted molar refractivity (Wildman–Crippen MR) is 96.2 cm³/mol. The lowest BCUT2D eigenvalue weighted by molar-refractivity contribution is -0.131. The molecular weight excluding hydrogens is 340 g/mol. The quantitative estimate of drug-likeness (QED) is 0.791. The number of carbonyl (C=O) groups is 1. The highest BCUT2D eigenvalue weighted by atomic mass is 32.2. The molecule has 2 heterocycles. The van der Waals surface area contributed by atoms with Gasteiger partial charge in [0.25, 0.3) is 0 Å². The van der Waals surface area contributed by atoms with Gasteiger partial charge in [-0.2, -0.15) is 4.31 Å². The molecule has 1 aromatic rings. The smallest absolute Gasteiger partial charge is 0.227 e. The zero-order valence-electron chi connectivity index (χ0n) is 14.7. The molecule has 6 nitrogen and oxygen atoms in total. The largest absolute Gasteiger partial charge is 0.493 e. The van der Waals surface area contributed by atoms with E-state index in [2.05, 4.69) is 6.07 Å². The normalized spacial score (nSPS) is 18.5. The molecule has 1 aromatic carbocycles. The van der Waals surface area contributed by atoms with E-state index < -0.39 is 10.0 Å². The zero-order chi connectivity index (χ0) is 17.9. The number of nitrogens with zero attached hydrogens (tertiary/aromatic N) is 2. The third-order valence-electron chi connectivity index (χ3n) is 4.78. The Morgan fingerprint density at radius 2 is 1.96 bits per heavy atom. The van der Waals surface area contributed by atoms with Crippen molar-refractivity contribution in [2.45, 2.75) is 32.6 Å². The molecule has 3 rings (SSSR count). The molecular formula is C18H26N2O4S. The highest BCUT2D eigenvalue weighted by Gasteiger charge is 2.28. The van der Waals surface area contributed by atoms with E-state index in [0.717, 1.165) is 30.8 Å². The van der Waals surface area contributed by atoms with Gasteiger partial charge in [0.2, 0.25) is 15.9 Å². The molecule has 0 saturated carbocycles. The first kappa shape index (κ1) is 18.2. The van der Waals surface area contributed by atoms with E-state index in [4.69, 9.17) is 4.74 Å². The Morgan fingerprint density at radius 1 is 1.20 bits per heavy atom. The second-order valence-corrected chi connectivity index (χ2v) is 8.76. The summed E-state index contributed by atoms with van der Waals surface area (Å²) in [5.74, 6) is 1.17. The van der Waals surface area contributed by atoms with Crippen LogP contribution < -0.4 is 4.74 Å². The predicted octanol–water partition coefficient (Wildman–Crippen LogP) is 1.44. The van der Waals surface area contributed by atoms with Crippen molar-refractivity contribution in [1.82, 2.24) is 9.21 Å². The summed E-state index contributed by atoms with van der Waals surface area (Å²) in [5, 5.41) is 0. The van der Waals surface area contributed by atoms with Gasteiger partial charge in [-0.3, -0.25) is 4.79 Å². The van der Waals surface area contributed by atoms with Crippen LogP contribution in [0, 0.1) is 0 Å². The van der Waals surface area contributed by atoms with Gasteiger partial charge in [0.05, 0.1) is 18.8 Å². The van der Waals surface area contributed by atoms with Crippen LogP contribution in [0.15, 0.2) is 18.2 Å². The van der Waals surface area contributed by atoms with E-state index in [1.54, 1.807) is 4.90 Å². The van der Waals surface area contributed by atoms with E-state index >= 15 is 0 Å². The average Bonchev–Trinajstić information content (AvgIpc) is 2.61. The third-order valence-corrected chi connectivity index (χ3v) is 6.85. The second-order valence-electron chi connectivity index (χ2n) is 6.67. The van der Waals surface area contributed by atoms with E-state index in [9.17, 15) is 13.2 Å². The third kappa shape index (κ3) is 4.33. The van der Waals surface area contributed by atoms with Gasteiger partial charge >= 0.3 is 0 Å². The number of benzene rings is 1. The number of aryl methyl sites for hydroxylation is 1. The Labute approximate surface area is 149 Å². The van der Waals surface area contributed by atoms with Crippen molar-refractivity contribution in [2.75, 3.05) is 38.5 Å². The second kappa shape index (κ2) is 7.74. The van der Waals surface area contributed by atoms with Crippen molar-refractivity contribution in [3.05, 3.63) is 29.3 Å². The molecule has 0 aromatic heterocycles. The van der Waals surface area contributed by atoms with E-state index in [0.29, 0.717) is 39.0 Å². The molecule has 0 aliphatic carbocycles. The summed E-state index contributed by atoms with van der Waals surface area (Å²) in [6.07, 6.45) is 2.97. The van der Waals surface area contributed by atoms with Crippen molar-refractivity contribution in [1.29, 1.82) is 0 Å². The van der Waals surface area contributed by atoms with Gasteiger partial charge in [-0.25, -0.2) is 8.42 Å². The summed E-state index contributed by atoms with van der Waals surface area (Å²) in [5.41, 5.74) is 2.17. The number of rotatable bonds is 5. The van der Waals surface area contributed by atoms with Crippen LogP contribution in [0.25, 0.3) is 0 Å². The fraction of sp³-hybridized carbons (Fsp3) is 0.611. The molecule has 1 saturated heterocycles. The number of hydrogen-bond donors (Lipinski definition) is 0. The SMILES string of the molecule is CCCS(=O)(=O)N1CCN(C(=O)Cc2ccc3c(c2)CCCO3)CC1. The first-order chi connectivity index (χ1) is 12.0. The molecule has 1 amide bonds. The Kier molecular flexibility index (Phi) is 5.64. The molecule has 138 valence electrons. The lowest BCUT2D eigenvalue weighted by atomic mass is 10.0. The van der Waals surface area contributed by atoms with E-state index in [-0.39, 0.29) is 11.7 Å². The highest BCUT2D eigenvalue weighted by Crippen LogP contribution is 2.26. The number of hydrogen-bond acceptors (Lipinski definition) is 4. The van der Waals surface area contributed by atoms with Crippen molar-refractivity contribution in [2.24, 2.45) is 0 Å². The molecule has 7 heteroatoms. The highest BCUT2D eigenvalue weighted by molar-refractivity contribution is 7.89. The van der Waals surface area contributed by atoms with Gasteiger partial charge < -0.3 is 9.64 Å². The van der Waals surface area contributed by atoms with Crippen molar-refractivity contribution < 1.29 is 17.9 Å². The van der Waals surface area contributed by atoms with Crippen molar-refractivity contribution in [3.8, 4) is 5.75 Å². The fourth-order valence-electron chi connectivity index (χ4n) is 3.41. The summed E-state index contributed by atoms with van der Waals surface area (Å²) in [6.45, 7) is 4.35. The number of carbonyl (C=O) groups excluding carboxylic acids is 1. The number of amides is 1. The lowest BCUT2D eigenvalue weighted by Gasteiger charge is -2.34.